The van der Waals surface area contributed by atoms with E-state index in [9.17, 15) is 13.7 Å². The highest BCUT2D eigenvalue weighted by molar-refractivity contribution is 7.88. The van der Waals surface area contributed by atoms with Crippen molar-refractivity contribution in [2.24, 2.45) is 0 Å². The zero-order valence-electron chi connectivity index (χ0n) is 19.0. The SMILES string of the molecule is CCn1nccc1-c1c(-c2cccc(C#N)c2)nn2ccc(N3CCN(S(C)(=O)=O)CC3)nc12. The lowest BCUT2D eigenvalue weighted by Crippen LogP contribution is -2.48. The molecule has 1 saturated heterocycles. The Morgan fingerprint density at radius 3 is 2.62 bits per heavy atom. The van der Waals surface area contributed by atoms with Gasteiger partial charge in [0.15, 0.2) is 5.65 Å². The Labute approximate surface area is 197 Å². The fourth-order valence-electron chi connectivity index (χ4n) is 4.32. The maximum absolute atomic E-state index is 11.9. The lowest BCUT2D eigenvalue weighted by atomic mass is 10.0. The first-order valence-corrected chi connectivity index (χ1v) is 12.9. The zero-order valence-corrected chi connectivity index (χ0v) is 19.8. The summed E-state index contributed by atoms with van der Waals surface area (Å²) >= 11 is 0. The molecule has 11 heteroatoms. The second-order valence-electron chi connectivity index (χ2n) is 8.15. The summed E-state index contributed by atoms with van der Waals surface area (Å²) in [6, 6.07) is 13.4. The van der Waals surface area contributed by atoms with Gasteiger partial charge < -0.3 is 4.90 Å². The third kappa shape index (κ3) is 3.91. The van der Waals surface area contributed by atoms with Crippen molar-refractivity contribution in [2.75, 3.05) is 37.3 Å². The van der Waals surface area contributed by atoms with E-state index in [1.54, 1.807) is 16.8 Å². The average Bonchev–Trinajstić information content (AvgIpc) is 3.47. The first-order valence-electron chi connectivity index (χ1n) is 11.0. The highest BCUT2D eigenvalue weighted by atomic mass is 32.2. The number of aryl methyl sites for hydroxylation is 1. The normalized spacial score (nSPS) is 15.0. The van der Waals surface area contributed by atoms with E-state index in [-0.39, 0.29) is 0 Å². The molecule has 34 heavy (non-hydrogen) atoms. The number of aromatic nitrogens is 5. The molecular weight excluding hydrogens is 452 g/mol. The van der Waals surface area contributed by atoms with Crippen molar-refractivity contribution >= 4 is 21.5 Å². The maximum atomic E-state index is 11.9. The molecule has 3 aromatic heterocycles. The van der Waals surface area contributed by atoms with Gasteiger partial charge in [0.2, 0.25) is 10.0 Å². The Balaban J connectivity index is 1.63. The van der Waals surface area contributed by atoms with Crippen LogP contribution in [0.5, 0.6) is 0 Å². The van der Waals surface area contributed by atoms with Crippen LogP contribution in [0.2, 0.25) is 0 Å². The van der Waals surface area contributed by atoms with Gasteiger partial charge in [-0.25, -0.2) is 17.9 Å². The molecule has 0 unspecified atom stereocenters. The van der Waals surface area contributed by atoms with E-state index >= 15 is 0 Å². The summed E-state index contributed by atoms with van der Waals surface area (Å²) in [7, 11) is -3.20. The van der Waals surface area contributed by atoms with Gasteiger partial charge in [0.1, 0.15) is 11.5 Å². The number of nitrogens with zero attached hydrogens (tertiary/aromatic N) is 8. The Hall–Kier alpha value is -3.75. The monoisotopic (exact) mass is 476 g/mol. The first-order chi connectivity index (χ1) is 16.4. The lowest BCUT2D eigenvalue weighted by molar-refractivity contribution is 0.387. The molecule has 0 radical (unpaired) electrons. The molecular formula is C23H24N8O2S. The summed E-state index contributed by atoms with van der Waals surface area (Å²) in [6.07, 6.45) is 4.87. The van der Waals surface area contributed by atoms with Crippen LogP contribution in [-0.4, -0.2) is 69.5 Å². The standard InChI is InChI=1S/C23H24N8O2S/c1-3-30-19(7-9-25-30)21-22(18-6-4-5-17(15-18)16-24)27-31-10-8-20(26-23(21)31)28-11-13-29(14-12-28)34(2,32)33/h4-10,15H,3,11-14H2,1-2H3. The number of nitriles is 1. The molecule has 0 N–H and O–H groups in total. The van der Waals surface area contributed by atoms with Crippen LogP contribution in [0.25, 0.3) is 28.2 Å². The second-order valence-corrected chi connectivity index (χ2v) is 10.1. The quantitative estimate of drug-likeness (QED) is 0.434. The van der Waals surface area contributed by atoms with Crippen molar-refractivity contribution in [3.63, 3.8) is 0 Å². The van der Waals surface area contributed by atoms with Gasteiger partial charge in [-0.2, -0.15) is 19.8 Å². The number of rotatable bonds is 5. The van der Waals surface area contributed by atoms with Gasteiger partial charge in [-0.15, -0.1) is 0 Å². The summed E-state index contributed by atoms with van der Waals surface area (Å²) in [5.41, 5.74) is 4.51. The molecule has 4 heterocycles. The summed E-state index contributed by atoms with van der Waals surface area (Å²) in [6.45, 7) is 4.68. The van der Waals surface area contributed by atoms with Crippen molar-refractivity contribution in [3.8, 4) is 28.6 Å². The molecule has 1 fully saturated rings. The largest absolute Gasteiger partial charge is 0.354 e. The van der Waals surface area contributed by atoms with E-state index in [2.05, 4.69) is 16.1 Å². The number of anilines is 1. The van der Waals surface area contributed by atoms with Crippen LogP contribution in [-0.2, 0) is 16.6 Å². The van der Waals surface area contributed by atoms with Crippen LogP contribution >= 0.6 is 0 Å². The van der Waals surface area contributed by atoms with E-state index < -0.39 is 10.0 Å². The van der Waals surface area contributed by atoms with Crippen molar-refractivity contribution < 1.29 is 8.42 Å². The molecule has 1 aliphatic heterocycles. The summed E-state index contributed by atoms with van der Waals surface area (Å²) in [4.78, 5) is 7.05. The maximum Gasteiger partial charge on any atom is 0.211 e. The van der Waals surface area contributed by atoms with Gasteiger partial charge in [0.25, 0.3) is 0 Å². The minimum atomic E-state index is -3.20. The molecule has 0 atom stereocenters. The van der Waals surface area contributed by atoms with Crippen molar-refractivity contribution in [3.05, 3.63) is 54.4 Å². The van der Waals surface area contributed by atoms with E-state index in [0.717, 1.165) is 28.3 Å². The van der Waals surface area contributed by atoms with Crippen LogP contribution < -0.4 is 4.90 Å². The Kier molecular flexibility index (Phi) is 5.55. The van der Waals surface area contributed by atoms with Gasteiger partial charge in [-0.05, 0) is 31.2 Å². The predicted octanol–water partition coefficient (Wildman–Crippen LogP) is 2.23. The molecule has 0 saturated carbocycles. The number of sulfonamides is 1. The van der Waals surface area contributed by atoms with Crippen LogP contribution in [0.15, 0.2) is 48.8 Å². The highest BCUT2D eigenvalue weighted by Crippen LogP contribution is 2.35. The topological polar surface area (TPSA) is 112 Å². The molecule has 0 aliphatic carbocycles. The fraction of sp³-hybridized carbons (Fsp3) is 0.304. The Morgan fingerprint density at radius 1 is 1.12 bits per heavy atom. The molecule has 0 bridgehead atoms. The van der Waals surface area contributed by atoms with E-state index in [4.69, 9.17) is 10.1 Å². The molecule has 5 rings (SSSR count). The Morgan fingerprint density at radius 2 is 1.91 bits per heavy atom. The summed E-state index contributed by atoms with van der Waals surface area (Å²) in [5, 5.41) is 18.6. The van der Waals surface area contributed by atoms with Crippen LogP contribution in [0.4, 0.5) is 5.82 Å². The van der Waals surface area contributed by atoms with E-state index in [1.807, 2.05) is 48.1 Å². The number of hydrogen-bond donors (Lipinski definition) is 0. The van der Waals surface area contributed by atoms with Crippen molar-refractivity contribution in [2.45, 2.75) is 13.5 Å². The minimum Gasteiger partial charge on any atom is -0.354 e. The molecule has 0 amide bonds. The Bertz CT molecular complexity index is 1510. The number of hydrogen-bond acceptors (Lipinski definition) is 7. The summed E-state index contributed by atoms with van der Waals surface area (Å²) in [5.74, 6) is 0.765. The van der Waals surface area contributed by atoms with Gasteiger partial charge in [0.05, 0.1) is 29.1 Å². The zero-order chi connectivity index (χ0) is 23.9. The van der Waals surface area contributed by atoms with Gasteiger partial charge in [-0.1, -0.05) is 12.1 Å². The minimum absolute atomic E-state index is 0.423. The molecule has 1 aliphatic rings. The average molecular weight is 477 g/mol. The van der Waals surface area contributed by atoms with E-state index in [0.29, 0.717) is 43.9 Å². The van der Waals surface area contributed by atoms with Crippen LogP contribution in [0.3, 0.4) is 0 Å². The van der Waals surface area contributed by atoms with E-state index in [1.165, 1.54) is 10.6 Å². The second kappa shape index (κ2) is 8.55. The molecule has 1 aromatic carbocycles. The smallest absolute Gasteiger partial charge is 0.211 e. The summed E-state index contributed by atoms with van der Waals surface area (Å²) < 4.78 is 28.9. The number of piperazine rings is 1. The van der Waals surface area contributed by atoms with Gasteiger partial charge in [-0.3, -0.25) is 4.68 Å². The van der Waals surface area contributed by atoms with Crippen LogP contribution in [0.1, 0.15) is 12.5 Å². The molecule has 10 nitrogen and oxygen atoms in total. The first kappa shape index (κ1) is 22.1. The molecule has 0 spiro atoms. The highest BCUT2D eigenvalue weighted by Gasteiger charge is 2.26. The van der Waals surface area contributed by atoms with Crippen molar-refractivity contribution in [1.82, 2.24) is 28.7 Å². The fourth-order valence-corrected chi connectivity index (χ4v) is 5.14. The predicted molar refractivity (Wildman–Crippen MR) is 129 cm³/mol. The van der Waals surface area contributed by atoms with Gasteiger partial charge in [0, 0.05) is 50.7 Å². The third-order valence-corrected chi connectivity index (χ3v) is 7.34. The third-order valence-electron chi connectivity index (χ3n) is 6.04. The van der Waals surface area contributed by atoms with Crippen LogP contribution in [0, 0.1) is 11.3 Å². The molecule has 174 valence electrons. The van der Waals surface area contributed by atoms with Gasteiger partial charge >= 0.3 is 0 Å². The number of benzene rings is 1. The number of fused-ring (bicyclic) bond motifs is 1. The van der Waals surface area contributed by atoms with Crippen molar-refractivity contribution in [1.29, 1.82) is 5.26 Å². The molecule has 4 aromatic rings. The lowest BCUT2D eigenvalue weighted by Gasteiger charge is -2.33.